The van der Waals surface area contributed by atoms with Crippen molar-refractivity contribution in [2.24, 2.45) is 0 Å². The van der Waals surface area contributed by atoms with E-state index in [0.29, 0.717) is 37.7 Å². The van der Waals surface area contributed by atoms with Crippen LogP contribution in [-0.4, -0.2) is 45.2 Å². The van der Waals surface area contributed by atoms with Crippen LogP contribution in [0.25, 0.3) is 6.08 Å². The maximum atomic E-state index is 12.2. The molecule has 7 nitrogen and oxygen atoms in total. The fraction of sp³-hybridized carbons (Fsp3) is 0.304. The number of anilines is 1. The quantitative estimate of drug-likeness (QED) is 0.655. The lowest BCUT2D eigenvalue weighted by atomic mass is 10.1. The monoisotopic (exact) mass is 409 g/mol. The Bertz CT molecular complexity index is 909. The van der Waals surface area contributed by atoms with Gasteiger partial charge < -0.3 is 25.0 Å². The molecule has 0 saturated carbocycles. The number of carbonyl (C=O) groups is 2. The highest BCUT2D eigenvalue weighted by atomic mass is 16.5. The van der Waals surface area contributed by atoms with E-state index in [4.69, 9.17) is 9.47 Å². The lowest BCUT2D eigenvalue weighted by Gasteiger charge is -2.28. The summed E-state index contributed by atoms with van der Waals surface area (Å²) in [6, 6.07) is 13.4. The van der Waals surface area contributed by atoms with Crippen LogP contribution in [0, 0.1) is 0 Å². The topological polar surface area (TPSA) is 79.9 Å². The van der Waals surface area contributed by atoms with Crippen LogP contribution in [0.2, 0.25) is 0 Å². The molecular formula is C23H27N3O4. The Hall–Kier alpha value is -3.48. The molecule has 0 unspecified atom stereocenters. The highest BCUT2D eigenvalue weighted by Gasteiger charge is 2.16. The molecule has 3 rings (SSSR count). The number of rotatable bonds is 8. The largest absolute Gasteiger partial charge is 0.493 e. The van der Waals surface area contributed by atoms with Gasteiger partial charge in [0.1, 0.15) is 0 Å². The molecule has 1 aliphatic heterocycles. The summed E-state index contributed by atoms with van der Waals surface area (Å²) in [5, 5.41) is 5.70. The fourth-order valence-corrected chi connectivity index (χ4v) is 3.17. The van der Waals surface area contributed by atoms with Gasteiger partial charge in [-0.3, -0.25) is 9.59 Å². The summed E-state index contributed by atoms with van der Waals surface area (Å²) in [6.45, 7) is 4.69. The van der Waals surface area contributed by atoms with Crippen molar-refractivity contribution in [2.45, 2.75) is 13.5 Å². The average molecular weight is 409 g/mol. The van der Waals surface area contributed by atoms with Crippen LogP contribution in [0.4, 0.5) is 5.69 Å². The second kappa shape index (κ2) is 10.3. The van der Waals surface area contributed by atoms with Gasteiger partial charge in [-0.05, 0) is 48.4 Å². The third kappa shape index (κ3) is 5.76. The first kappa shape index (κ1) is 21.2. The van der Waals surface area contributed by atoms with E-state index in [2.05, 4.69) is 10.6 Å². The third-order valence-corrected chi connectivity index (χ3v) is 4.72. The molecule has 0 aliphatic carbocycles. The molecule has 0 atom stereocenters. The van der Waals surface area contributed by atoms with Gasteiger partial charge in [0.05, 0.1) is 20.3 Å². The Labute approximate surface area is 176 Å². The van der Waals surface area contributed by atoms with E-state index < -0.39 is 0 Å². The van der Waals surface area contributed by atoms with Crippen LogP contribution in [0.15, 0.2) is 48.5 Å². The first-order chi connectivity index (χ1) is 14.6. The number of amides is 2. The number of benzene rings is 2. The molecule has 158 valence electrons. The van der Waals surface area contributed by atoms with Crippen LogP contribution in [0.1, 0.15) is 18.1 Å². The maximum absolute atomic E-state index is 12.2. The van der Waals surface area contributed by atoms with Gasteiger partial charge in [0.15, 0.2) is 11.5 Å². The van der Waals surface area contributed by atoms with E-state index in [9.17, 15) is 9.59 Å². The second-order valence-electron chi connectivity index (χ2n) is 6.83. The van der Waals surface area contributed by atoms with Crippen LogP contribution in [-0.2, 0) is 16.1 Å². The minimum absolute atomic E-state index is 0.0367. The zero-order valence-electron chi connectivity index (χ0n) is 17.3. The second-order valence-corrected chi connectivity index (χ2v) is 6.83. The minimum atomic E-state index is -0.180. The molecule has 1 heterocycles. The van der Waals surface area contributed by atoms with Crippen molar-refractivity contribution in [1.82, 2.24) is 10.6 Å². The number of ether oxygens (including phenoxy) is 2. The van der Waals surface area contributed by atoms with Crippen LogP contribution < -0.4 is 25.0 Å². The molecule has 30 heavy (non-hydrogen) atoms. The summed E-state index contributed by atoms with van der Waals surface area (Å²) in [5.74, 6) is 1.16. The van der Waals surface area contributed by atoms with Crippen LogP contribution in [0.3, 0.4) is 0 Å². The van der Waals surface area contributed by atoms with Crippen molar-refractivity contribution in [2.75, 3.05) is 38.3 Å². The standard InChI is InChI=1S/C23H27N3O4/c1-3-30-21-14-17(6-10-20(21)29-2)7-11-22(27)25-15-18-4-8-19(9-5-18)26-13-12-24-23(28)16-26/h4-11,14H,3,12-13,15-16H2,1-2H3,(H,24,28)(H,25,27)/b11-7+. The van der Waals surface area contributed by atoms with Crippen molar-refractivity contribution in [3.63, 3.8) is 0 Å². The summed E-state index contributed by atoms with van der Waals surface area (Å²) >= 11 is 0. The maximum Gasteiger partial charge on any atom is 0.244 e. The molecule has 0 spiro atoms. The van der Waals surface area contributed by atoms with Crippen molar-refractivity contribution in [3.05, 3.63) is 59.7 Å². The third-order valence-electron chi connectivity index (χ3n) is 4.72. The number of methoxy groups -OCH3 is 1. The lowest BCUT2D eigenvalue weighted by molar-refractivity contribution is -0.120. The van der Waals surface area contributed by atoms with Gasteiger partial charge >= 0.3 is 0 Å². The highest BCUT2D eigenvalue weighted by Crippen LogP contribution is 2.28. The Balaban J connectivity index is 1.53. The average Bonchev–Trinajstić information content (AvgIpc) is 2.77. The SMILES string of the molecule is CCOc1cc(/C=C/C(=O)NCc2ccc(N3CCNC(=O)C3)cc2)ccc1OC. The Morgan fingerprint density at radius 2 is 2.00 bits per heavy atom. The van der Waals surface area contributed by atoms with E-state index in [0.717, 1.165) is 23.4 Å². The fourth-order valence-electron chi connectivity index (χ4n) is 3.17. The first-order valence-corrected chi connectivity index (χ1v) is 9.96. The number of carbonyl (C=O) groups excluding carboxylic acids is 2. The predicted octanol–water partition coefficient (Wildman–Crippen LogP) is 2.36. The van der Waals surface area contributed by atoms with Gasteiger partial charge in [0.25, 0.3) is 0 Å². The summed E-state index contributed by atoms with van der Waals surface area (Å²) in [4.78, 5) is 25.7. The normalized spacial score (nSPS) is 13.8. The molecule has 7 heteroatoms. The highest BCUT2D eigenvalue weighted by molar-refractivity contribution is 5.91. The summed E-state index contributed by atoms with van der Waals surface area (Å²) in [5.41, 5.74) is 2.85. The van der Waals surface area contributed by atoms with Gasteiger partial charge in [-0.1, -0.05) is 18.2 Å². The van der Waals surface area contributed by atoms with Crippen LogP contribution in [0.5, 0.6) is 11.5 Å². The van der Waals surface area contributed by atoms with Gasteiger partial charge in [-0.2, -0.15) is 0 Å². The summed E-state index contributed by atoms with van der Waals surface area (Å²) in [7, 11) is 1.59. The molecule has 2 aromatic rings. The molecule has 0 radical (unpaired) electrons. The molecule has 1 saturated heterocycles. The zero-order chi connectivity index (χ0) is 21.3. The van der Waals surface area contributed by atoms with E-state index in [-0.39, 0.29) is 11.8 Å². The molecule has 2 aromatic carbocycles. The van der Waals surface area contributed by atoms with Gasteiger partial charge in [0, 0.05) is 31.4 Å². The number of hydrogen-bond acceptors (Lipinski definition) is 5. The van der Waals surface area contributed by atoms with Crippen LogP contribution >= 0.6 is 0 Å². The molecular weight excluding hydrogens is 382 g/mol. The minimum Gasteiger partial charge on any atom is -0.493 e. The first-order valence-electron chi connectivity index (χ1n) is 9.96. The predicted molar refractivity (Wildman–Crippen MR) is 117 cm³/mol. The van der Waals surface area contributed by atoms with E-state index in [1.165, 1.54) is 6.08 Å². The van der Waals surface area contributed by atoms with Crippen molar-refractivity contribution in [3.8, 4) is 11.5 Å². The van der Waals surface area contributed by atoms with Crippen molar-refractivity contribution < 1.29 is 19.1 Å². The van der Waals surface area contributed by atoms with Gasteiger partial charge in [0.2, 0.25) is 11.8 Å². The number of nitrogens with zero attached hydrogens (tertiary/aromatic N) is 1. The Kier molecular flexibility index (Phi) is 7.32. The van der Waals surface area contributed by atoms with Crippen molar-refractivity contribution >= 4 is 23.6 Å². The summed E-state index contributed by atoms with van der Waals surface area (Å²) < 4.78 is 10.8. The number of nitrogens with one attached hydrogen (secondary N) is 2. The zero-order valence-corrected chi connectivity index (χ0v) is 17.3. The molecule has 1 fully saturated rings. The smallest absolute Gasteiger partial charge is 0.244 e. The van der Waals surface area contributed by atoms with Crippen molar-refractivity contribution in [1.29, 1.82) is 0 Å². The number of piperazine rings is 1. The molecule has 0 aromatic heterocycles. The molecule has 2 amide bonds. The molecule has 0 bridgehead atoms. The van der Waals surface area contributed by atoms with Gasteiger partial charge in [-0.15, -0.1) is 0 Å². The van der Waals surface area contributed by atoms with E-state index in [1.54, 1.807) is 13.2 Å². The Morgan fingerprint density at radius 1 is 1.20 bits per heavy atom. The van der Waals surface area contributed by atoms with Gasteiger partial charge in [-0.25, -0.2) is 0 Å². The molecule has 2 N–H and O–H groups in total. The Morgan fingerprint density at radius 3 is 2.70 bits per heavy atom. The van der Waals surface area contributed by atoms with E-state index >= 15 is 0 Å². The summed E-state index contributed by atoms with van der Waals surface area (Å²) in [6.07, 6.45) is 3.24. The van der Waals surface area contributed by atoms with E-state index in [1.807, 2.05) is 54.3 Å². The molecule has 1 aliphatic rings. The number of hydrogen-bond donors (Lipinski definition) is 2. The lowest BCUT2D eigenvalue weighted by Crippen LogP contribution is -2.47.